The van der Waals surface area contributed by atoms with Gasteiger partial charge in [0.1, 0.15) is 5.76 Å². The minimum Gasteiger partial charge on any atom is -0.361 e. The molecule has 9 heteroatoms. The lowest BCUT2D eigenvalue weighted by atomic mass is 9.94. The van der Waals surface area contributed by atoms with Crippen LogP contribution in [0.2, 0.25) is 0 Å². The molecule has 0 bridgehead atoms. The highest BCUT2D eigenvalue weighted by atomic mass is 19.1. The Bertz CT molecular complexity index is 967. The molecule has 1 unspecified atom stereocenters. The second-order valence-electron chi connectivity index (χ2n) is 7.03. The van der Waals surface area contributed by atoms with Gasteiger partial charge in [0.2, 0.25) is 17.4 Å². The van der Waals surface area contributed by atoms with E-state index >= 15 is 4.39 Å². The number of aromatic nitrogens is 4. The van der Waals surface area contributed by atoms with Gasteiger partial charge in [-0.2, -0.15) is 4.98 Å². The third-order valence-electron chi connectivity index (χ3n) is 5.03. The minimum absolute atomic E-state index is 0.110. The molecule has 4 heterocycles. The molecule has 8 nitrogen and oxygen atoms in total. The number of pyridine rings is 1. The van der Waals surface area contributed by atoms with Crippen LogP contribution in [-0.2, 0) is 16.9 Å². The number of likely N-dealkylation sites (tertiary alicyclic amines) is 1. The third kappa shape index (κ3) is 3.39. The van der Waals surface area contributed by atoms with E-state index in [0.29, 0.717) is 30.0 Å². The first-order valence-electron chi connectivity index (χ1n) is 9.09. The van der Waals surface area contributed by atoms with E-state index < -0.39 is 5.67 Å². The normalized spacial score (nSPS) is 19.8. The van der Waals surface area contributed by atoms with Gasteiger partial charge in [0, 0.05) is 30.1 Å². The van der Waals surface area contributed by atoms with Crippen LogP contribution in [0.3, 0.4) is 0 Å². The molecule has 4 rings (SSSR count). The van der Waals surface area contributed by atoms with Gasteiger partial charge in [0.15, 0.2) is 0 Å². The Morgan fingerprint density at radius 3 is 2.89 bits per heavy atom. The summed E-state index contributed by atoms with van der Waals surface area (Å²) in [5, 5.41) is 7.73. The maximum Gasteiger partial charge on any atom is 0.266 e. The number of aryl methyl sites for hydroxylation is 2. The number of amides is 1. The topological polar surface area (TPSA) is 98.2 Å². The fourth-order valence-corrected chi connectivity index (χ4v) is 3.43. The van der Waals surface area contributed by atoms with Crippen molar-refractivity contribution in [2.24, 2.45) is 0 Å². The van der Waals surface area contributed by atoms with E-state index in [9.17, 15) is 4.79 Å². The number of rotatable bonds is 4. The summed E-state index contributed by atoms with van der Waals surface area (Å²) in [4.78, 5) is 22.5. The molecule has 0 spiro atoms. The lowest BCUT2D eigenvalue weighted by molar-refractivity contribution is -0.135. The van der Waals surface area contributed by atoms with Crippen molar-refractivity contribution in [3.05, 3.63) is 47.4 Å². The van der Waals surface area contributed by atoms with Crippen molar-refractivity contribution in [1.29, 1.82) is 0 Å². The highest BCUT2D eigenvalue weighted by molar-refractivity contribution is 5.79. The number of carbonyl (C=O) groups excluding carboxylic acids is 1. The molecule has 0 aliphatic carbocycles. The highest BCUT2D eigenvalue weighted by Crippen LogP contribution is 2.35. The van der Waals surface area contributed by atoms with Crippen LogP contribution >= 0.6 is 0 Å². The lowest BCUT2D eigenvalue weighted by Crippen LogP contribution is -2.47. The second-order valence-corrected chi connectivity index (χ2v) is 7.03. The zero-order chi connectivity index (χ0) is 19.7. The molecular weight excluding hydrogens is 365 g/mol. The number of hydrogen-bond donors (Lipinski definition) is 0. The van der Waals surface area contributed by atoms with Crippen LogP contribution in [0, 0.1) is 13.8 Å². The Labute approximate surface area is 160 Å². The summed E-state index contributed by atoms with van der Waals surface area (Å²) < 4.78 is 26.0. The summed E-state index contributed by atoms with van der Waals surface area (Å²) in [6.45, 7) is 3.91. The zero-order valence-electron chi connectivity index (χ0n) is 15.7. The first kappa shape index (κ1) is 18.3. The number of carbonyl (C=O) groups is 1. The first-order valence-corrected chi connectivity index (χ1v) is 9.09. The predicted molar refractivity (Wildman–Crippen MR) is 95.8 cm³/mol. The van der Waals surface area contributed by atoms with Gasteiger partial charge in [0.25, 0.3) is 5.89 Å². The van der Waals surface area contributed by atoms with Gasteiger partial charge in [-0.05, 0) is 38.8 Å². The number of nitrogens with zero attached hydrogens (tertiary/aromatic N) is 5. The molecule has 3 aromatic heterocycles. The number of alkyl halides is 1. The van der Waals surface area contributed by atoms with E-state index in [1.54, 1.807) is 38.4 Å². The van der Waals surface area contributed by atoms with Crippen LogP contribution in [0.1, 0.15) is 35.7 Å². The van der Waals surface area contributed by atoms with Crippen molar-refractivity contribution < 1.29 is 18.2 Å². The highest BCUT2D eigenvalue weighted by Gasteiger charge is 2.44. The molecule has 3 aromatic rings. The summed E-state index contributed by atoms with van der Waals surface area (Å²) in [5.74, 6) is 0.594. The Morgan fingerprint density at radius 2 is 2.18 bits per heavy atom. The number of piperidine rings is 1. The molecule has 1 amide bonds. The smallest absolute Gasteiger partial charge is 0.266 e. The molecule has 28 heavy (non-hydrogen) atoms. The van der Waals surface area contributed by atoms with Crippen molar-refractivity contribution >= 4 is 5.91 Å². The Morgan fingerprint density at radius 1 is 1.32 bits per heavy atom. The van der Waals surface area contributed by atoms with Crippen molar-refractivity contribution in [3.63, 3.8) is 0 Å². The van der Waals surface area contributed by atoms with Crippen molar-refractivity contribution in [1.82, 2.24) is 25.2 Å². The van der Waals surface area contributed by atoms with Crippen molar-refractivity contribution in [2.75, 3.05) is 13.1 Å². The fraction of sp³-hybridized carbons (Fsp3) is 0.421. The summed E-state index contributed by atoms with van der Waals surface area (Å²) in [6.07, 6.45) is 4.07. The van der Waals surface area contributed by atoms with E-state index in [1.165, 1.54) is 4.90 Å². The molecule has 1 saturated heterocycles. The van der Waals surface area contributed by atoms with Gasteiger partial charge < -0.3 is 13.9 Å². The molecule has 1 atom stereocenters. The summed E-state index contributed by atoms with van der Waals surface area (Å²) in [7, 11) is 0. The molecule has 146 valence electrons. The first-order chi connectivity index (χ1) is 13.5. The summed E-state index contributed by atoms with van der Waals surface area (Å²) >= 11 is 0. The van der Waals surface area contributed by atoms with Gasteiger partial charge in [-0.3, -0.25) is 9.78 Å². The largest absolute Gasteiger partial charge is 0.361 e. The molecule has 1 aliphatic heterocycles. The maximum atomic E-state index is 15.6. The number of hydrogen-bond acceptors (Lipinski definition) is 7. The SMILES string of the molecule is Cc1noc(C)c1CC(=O)N1CCCC(F)(c2nc(-c3cccnc3)no2)C1. The van der Waals surface area contributed by atoms with Gasteiger partial charge >= 0.3 is 0 Å². The van der Waals surface area contributed by atoms with Crippen LogP contribution in [-0.4, -0.2) is 44.2 Å². The van der Waals surface area contributed by atoms with Crippen molar-refractivity contribution in [3.8, 4) is 11.4 Å². The van der Waals surface area contributed by atoms with E-state index in [0.717, 1.165) is 5.56 Å². The quantitative estimate of drug-likeness (QED) is 0.681. The summed E-state index contributed by atoms with van der Waals surface area (Å²) in [5.41, 5.74) is 0.187. The summed E-state index contributed by atoms with van der Waals surface area (Å²) in [6, 6.07) is 3.51. The molecule has 1 fully saturated rings. The Balaban J connectivity index is 1.51. The molecule has 0 aromatic carbocycles. The average Bonchev–Trinajstić information content (AvgIpc) is 3.32. The monoisotopic (exact) mass is 385 g/mol. The fourth-order valence-electron chi connectivity index (χ4n) is 3.43. The Hall–Kier alpha value is -3.10. The Kier molecular flexibility index (Phi) is 4.66. The standard InChI is InChI=1S/C19H20FN5O3/c1-12-15(13(2)27-23-12)9-16(26)25-8-4-6-19(20,11-25)18-22-17(24-28-18)14-5-3-7-21-10-14/h3,5,7,10H,4,6,8-9,11H2,1-2H3. The van der Waals surface area contributed by atoms with Gasteiger partial charge in [0.05, 0.1) is 18.7 Å². The maximum absolute atomic E-state index is 15.6. The zero-order valence-corrected chi connectivity index (χ0v) is 15.7. The molecule has 1 aliphatic rings. The van der Waals surface area contributed by atoms with Gasteiger partial charge in [-0.15, -0.1) is 0 Å². The van der Waals surface area contributed by atoms with E-state index in [2.05, 4.69) is 20.3 Å². The van der Waals surface area contributed by atoms with Crippen LogP contribution < -0.4 is 0 Å². The molecule has 0 saturated carbocycles. The van der Waals surface area contributed by atoms with Gasteiger partial charge in [-0.1, -0.05) is 10.3 Å². The predicted octanol–water partition coefficient (Wildman–Crippen LogP) is 2.77. The third-order valence-corrected chi connectivity index (χ3v) is 5.03. The molecule has 0 radical (unpaired) electrons. The van der Waals surface area contributed by atoms with Crippen LogP contribution in [0.5, 0.6) is 0 Å². The van der Waals surface area contributed by atoms with Crippen molar-refractivity contribution in [2.45, 2.75) is 38.8 Å². The van der Waals surface area contributed by atoms with Crippen LogP contribution in [0.15, 0.2) is 33.6 Å². The lowest BCUT2D eigenvalue weighted by Gasteiger charge is -2.35. The molecular formula is C19H20FN5O3. The van der Waals surface area contributed by atoms with Crippen LogP contribution in [0.4, 0.5) is 4.39 Å². The average molecular weight is 385 g/mol. The van der Waals surface area contributed by atoms with E-state index in [-0.39, 0.29) is 37.0 Å². The van der Waals surface area contributed by atoms with Crippen LogP contribution in [0.25, 0.3) is 11.4 Å². The molecule has 0 N–H and O–H groups in total. The second kappa shape index (κ2) is 7.14. The number of halogens is 1. The minimum atomic E-state index is -1.87. The van der Waals surface area contributed by atoms with Gasteiger partial charge in [-0.25, -0.2) is 4.39 Å². The van der Waals surface area contributed by atoms with E-state index in [1.807, 2.05) is 0 Å². The van der Waals surface area contributed by atoms with E-state index in [4.69, 9.17) is 9.05 Å².